The molecule has 158 valence electrons. The number of ether oxygens (including phenoxy) is 1. The minimum atomic E-state index is -0.438. The van der Waals surface area contributed by atoms with Crippen LogP contribution < -0.4 is 116 Å². The van der Waals surface area contributed by atoms with E-state index in [0.717, 1.165) is 24.0 Å². The number of nitrogens with zero attached hydrogens (tertiary/aromatic N) is 2. The summed E-state index contributed by atoms with van der Waals surface area (Å²) in [6.07, 6.45) is 3.86. The Morgan fingerprint density at radius 1 is 1.03 bits per heavy atom. The summed E-state index contributed by atoms with van der Waals surface area (Å²) in [4.78, 5) is 46.6. The quantitative estimate of drug-likeness (QED) is 0.212. The topological polar surface area (TPSA) is 106 Å². The zero-order valence-electron chi connectivity index (χ0n) is 18.9. The number of hydrogen-bond acceptors (Lipinski definition) is 5. The van der Waals surface area contributed by atoms with Crippen LogP contribution >= 0.6 is 0 Å². The van der Waals surface area contributed by atoms with E-state index in [1.807, 2.05) is 24.3 Å². The standard InChI is InChI=1S/C22H30N2O5.2Rb/c1-16(25)23-11-4-12-29-15-22(28)24-14-18-9-7-17(8-10-18)13-21(27)19-5-2-3-6-20(19)26;;/h7-10,19H,2-6,11-15H2,1H3,(H2,23,24,25,28);;/q;2*+1/p-2. The molecule has 2 rings (SSSR count). The molecule has 1 aliphatic carbocycles. The van der Waals surface area contributed by atoms with Gasteiger partial charge < -0.3 is 25.0 Å². The fourth-order valence-corrected chi connectivity index (χ4v) is 3.20. The number of carbonyl (C=O) groups excluding carboxylic acids is 4. The molecule has 0 N–H and O–H groups in total. The number of ketones is 2. The van der Waals surface area contributed by atoms with Crippen molar-refractivity contribution in [3.63, 3.8) is 0 Å². The molecule has 0 aliphatic heterocycles. The van der Waals surface area contributed by atoms with Gasteiger partial charge in [-0.2, -0.15) is 0 Å². The van der Waals surface area contributed by atoms with Crippen molar-refractivity contribution in [2.45, 2.75) is 52.0 Å². The Kier molecular flexibility index (Phi) is 19.0. The molecule has 0 spiro atoms. The van der Waals surface area contributed by atoms with Crippen LogP contribution in [0.5, 0.6) is 0 Å². The van der Waals surface area contributed by atoms with Gasteiger partial charge in [0.25, 0.3) is 0 Å². The SMILES string of the molecule is CC(=O)[N-]CCCOCC(=O)[N-]Cc1ccc(CC(=O)C2CCCCC2=O)cc1.[Rb+].[Rb+]. The molecule has 9 heteroatoms. The Balaban J connectivity index is 0.00000450. The summed E-state index contributed by atoms with van der Waals surface area (Å²) in [5.74, 6) is -0.925. The first-order chi connectivity index (χ1) is 14.0. The second kappa shape index (κ2) is 18.4. The van der Waals surface area contributed by atoms with Crippen LogP contribution in [0.25, 0.3) is 10.6 Å². The van der Waals surface area contributed by atoms with Gasteiger partial charge in [-0.15, -0.1) is 13.1 Å². The first-order valence-electron chi connectivity index (χ1n) is 10.0. The molecular formula is C22H28N2O5Rb2. The van der Waals surface area contributed by atoms with E-state index < -0.39 is 5.92 Å². The van der Waals surface area contributed by atoms with Gasteiger partial charge in [0.2, 0.25) is 0 Å². The molecule has 0 radical (unpaired) electrons. The van der Waals surface area contributed by atoms with Crippen molar-refractivity contribution in [2.75, 3.05) is 19.8 Å². The van der Waals surface area contributed by atoms with Gasteiger partial charge in [-0.1, -0.05) is 36.2 Å². The third-order valence-electron chi connectivity index (χ3n) is 4.79. The van der Waals surface area contributed by atoms with E-state index in [0.29, 0.717) is 32.4 Å². The normalized spacial score (nSPS) is 15.3. The predicted molar refractivity (Wildman–Crippen MR) is 109 cm³/mol. The van der Waals surface area contributed by atoms with E-state index in [9.17, 15) is 19.2 Å². The average Bonchev–Trinajstić information content (AvgIpc) is 2.70. The fourth-order valence-electron chi connectivity index (χ4n) is 3.20. The Bertz CT molecular complexity index is 725. The molecule has 1 fully saturated rings. The monoisotopic (exact) mass is 570 g/mol. The molecule has 0 saturated heterocycles. The maximum atomic E-state index is 12.4. The molecule has 1 aromatic carbocycles. The molecule has 1 unspecified atom stereocenters. The second-order valence-electron chi connectivity index (χ2n) is 7.24. The van der Waals surface area contributed by atoms with Crippen molar-refractivity contribution in [2.24, 2.45) is 5.92 Å². The fraction of sp³-hybridized carbons (Fsp3) is 0.545. The van der Waals surface area contributed by atoms with E-state index in [1.165, 1.54) is 6.92 Å². The number of carbonyl (C=O) groups is 4. The van der Waals surface area contributed by atoms with Crippen LogP contribution in [0, 0.1) is 5.92 Å². The van der Waals surface area contributed by atoms with Gasteiger partial charge >= 0.3 is 116 Å². The van der Waals surface area contributed by atoms with E-state index >= 15 is 0 Å². The van der Waals surface area contributed by atoms with E-state index in [1.54, 1.807) is 0 Å². The van der Waals surface area contributed by atoms with Crippen molar-refractivity contribution in [1.82, 2.24) is 0 Å². The van der Waals surface area contributed by atoms with Gasteiger partial charge in [0.15, 0.2) is 0 Å². The van der Waals surface area contributed by atoms with Crippen LogP contribution in [-0.2, 0) is 36.9 Å². The van der Waals surface area contributed by atoms with Crippen LogP contribution in [-0.4, -0.2) is 43.1 Å². The predicted octanol–water partition coefficient (Wildman–Crippen LogP) is -2.71. The molecule has 0 heterocycles. The first-order valence-corrected chi connectivity index (χ1v) is 10.0. The molecule has 0 aromatic heterocycles. The van der Waals surface area contributed by atoms with Gasteiger partial charge in [0.05, 0.1) is 18.4 Å². The Morgan fingerprint density at radius 2 is 1.71 bits per heavy atom. The summed E-state index contributed by atoms with van der Waals surface area (Å²) in [6.45, 7) is 2.29. The van der Waals surface area contributed by atoms with Crippen molar-refractivity contribution in [3.8, 4) is 0 Å². The Labute approximate surface area is 282 Å². The number of rotatable bonds is 11. The third-order valence-corrected chi connectivity index (χ3v) is 4.79. The van der Waals surface area contributed by atoms with Gasteiger partial charge in [-0.25, -0.2) is 0 Å². The number of hydrogen-bond donors (Lipinski definition) is 0. The van der Waals surface area contributed by atoms with Crippen LogP contribution in [0.1, 0.15) is 50.2 Å². The van der Waals surface area contributed by atoms with Crippen molar-refractivity contribution >= 4 is 23.4 Å². The Morgan fingerprint density at radius 3 is 2.35 bits per heavy atom. The summed E-state index contributed by atoms with van der Waals surface area (Å²) in [5, 5.41) is 7.67. The van der Waals surface area contributed by atoms with Crippen LogP contribution in [0.15, 0.2) is 24.3 Å². The summed E-state index contributed by atoms with van der Waals surface area (Å²) < 4.78 is 5.22. The van der Waals surface area contributed by atoms with Crippen molar-refractivity contribution < 1.29 is 140 Å². The molecule has 1 atom stereocenters. The van der Waals surface area contributed by atoms with E-state index in [2.05, 4.69) is 10.6 Å². The summed E-state index contributed by atoms with van der Waals surface area (Å²) >= 11 is 0. The van der Waals surface area contributed by atoms with Crippen molar-refractivity contribution in [1.29, 1.82) is 0 Å². The largest absolute Gasteiger partial charge is 1.00 e. The molecule has 7 nitrogen and oxygen atoms in total. The maximum Gasteiger partial charge on any atom is 1.00 e. The Hall–Kier alpha value is 1.07. The van der Waals surface area contributed by atoms with Gasteiger partial charge in [-0.3, -0.25) is 9.59 Å². The molecule has 31 heavy (non-hydrogen) atoms. The van der Waals surface area contributed by atoms with Gasteiger partial charge in [0, 0.05) is 25.4 Å². The summed E-state index contributed by atoms with van der Waals surface area (Å²) in [7, 11) is 0. The number of benzene rings is 1. The second-order valence-corrected chi connectivity index (χ2v) is 7.24. The van der Waals surface area contributed by atoms with E-state index in [4.69, 9.17) is 4.74 Å². The maximum absolute atomic E-state index is 12.4. The minimum absolute atomic E-state index is 0. The van der Waals surface area contributed by atoms with Crippen LogP contribution in [0.3, 0.4) is 0 Å². The average molecular weight is 571 g/mol. The zero-order chi connectivity index (χ0) is 21.1. The summed E-state index contributed by atoms with van der Waals surface area (Å²) in [5.41, 5.74) is 1.73. The number of amides is 2. The molecular weight excluding hydrogens is 543 g/mol. The number of Topliss-reactive ketones (excluding diaryl/α,β-unsaturated/α-hetero) is 2. The zero-order valence-corrected chi connectivity index (χ0v) is 28.7. The van der Waals surface area contributed by atoms with Gasteiger partial charge in [0.1, 0.15) is 11.6 Å². The molecule has 1 aromatic rings. The molecule has 1 aliphatic rings. The molecule has 2 amide bonds. The minimum Gasteiger partial charge on any atom is -0.654 e. The van der Waals surface area contributed by atoms with Gasteiger partial charge in [-0.05, 0) is 31.7 Å². The van der Waals surface area contributed by atoms with E-state index in [-0.39, 0.29) is 159 Å². The first kappa shape index (κ1) is 32.1. The summed E-state index contributed by atoms with van der Waals surface area (Å²) in [6, 6.07) is 7.36. The smallest absolute Gasteiger partial charge is 0.654 e. The van der Waals surface area contributed by atoms with Crippen LogP contribution in [0.4, 0.5) is 0 Å². The molecule has 0 bridgehead atoms. The molecule has 1 saturated carbocycles. The van der Waals surface area contributed by atoms with Crippen molar-refractivity contribution in [3.05, 3.63) is 46.0 Å². The third kappa shape index (κ3) is 13.5. The van der Waals surface area contributed by atoms with Crippen LogP contribution in [0.2, 0.25) is 0 Å².